The van der Waals surface area contributed by atoms with Crippen molar-refractivity contribution in [3.63, 3.8) is 0 Å². The Balaban J connectivity index is 1.19. The molecule has 7 N–H and O–H groups in total. The quantitative estimate of drug-likeness (QED) is 0.172. The topological polar surface area (TPSA) is 289 Å². The van der Waals surface area contributed by atoms with Gasteiger partial charge in [0.05, 0.1) is 25.9 Å². The van der Waals surface area contributed by atoms with Gasteiger partial charge in [0.25, 0.3) is 5.56 Å². The van der Waals surface area contributed by atoms with E-state index in [1.807, 2.05) is 0 Å². The highest BCUT2D eigenvalue weighted by atomic mass is 31.2. The number of ether oxygens (including phenoxy) is 2. The zero-order valence-corrected chi connectivity index (χ0v) is 23.8. The molecule has 21 nitrogen and oxygen atoms in total. The van der Waals surface area contributed by atoms with Gasteiger partial charge in [0.15, 0.2) is 35.0 Å². The van der Waals surface area contributed by atoms with E-state index in [1.54, 1.807) is 0 Å². The molecule has 3 aliphatic heterocycles. The van der Waals surface area contributed by atoms with Gasteiger partial charge in [-0.05, 0) is 0 Å². The highest BCUT2D eigenvalue weighted by Gasteiger charge is 2.53. The number of alkyl halides is 1. The lowest BCUT2D eigenvalue weighted by molar-refractivity contribution is -0.0668. The number of fused-ring (bicyclic) bond motifs is 5. The first kappa shape index (κ1) is 29.3. The minimum Gasteiger partial charge on any atom is -0.382 e. The van der Waals surface area contributed by atoms with Crippen molar-refractivity contribution >= 4 is 49.7 Å². The predicted octanol–water partition coefficient (Wildman–Crippen LogP) is -0.335. The molecular formula is C20H23FN10O11P2. The molecule has 7 heterocycles. The summed E-state index contributed by atoms with van der Waals surface area (Å²) in [4.78, 5) is 55.7. The molecule has 0 aliphatic carbocycles. The third-order valence-corrected chi connectivity index (χ3v) is 9.19. The molecule has 2 unspecified atom stereocenters. The number of nitrogens with zero attached hydrogens (tertiary/aromatic N) is 7. The predicted molar refractivity (Wildman–Crippen MR) is 141 cm³/mol. The number of H-pyrrole nitrogens is 1. The van der Waals surface area contributed by atoms with Crippen LogP contribution in [0.1, 0.15) is 18.9 Å². The van der Waals surface area contributed by atoms with Crippen LogP contribution >= 0.6 is 15.6 Å². The molecule has 9 atom stereocenters. The van der Waals surface area contributed by atoms with E-state index >= 15 is 4.39 Å². The first-order valence-electron chi connectivity index (χ1n) is 12.8. The fourth-order valence-electron chi connectivity index (χ4n) is 5.23. The van der Waals surface area contributed by atoms with Gasteiger partial charge in [0.2, 0.25) is 5.95 Å². The molecular weight excluding hydrogens is 637 g/mol. The van der Waals surface area contributed by atoms with Gasteiger partial charge in [-0.25, -0.2) is 33.5 Å². The van der Waals surface area contributed by atoms with E-state index in [4.69, 9.17) is 39.0 Å². The van der Waals surface area contributed by atoms with Gasteiger partial charge in [-0.3, -0.25) is 37.0 Å². The number of nitrogens with two attached hydrogens (primary N) is 2. The van der Waals surface area contributed by atoms with Crippen molar-refractivity contribution in [1.82, 2.24) is 39.0 Å². The molecule has 0 radical (unpaired) electrons. The van der Waals surface area contributed by atoms with Gasteiger partial charge < -0.3 is 30.7 Å². The van der Waals surface area contributed by atoms with Crippen molar-refractivity contribution in [1.29, 1.82) is 0 Å². The van der Waals surface area contributed by atoms with Gasteiger partial charge in [-0.15, -0.1) is 0 Å². The fourth-order valence-corrected chi connectivity index (χ4v) is 7.11. The summed E-state index contributed by atoms with van der Waals surface area (Å²) in [5.41, 5.74) is 11.0. The van der Waals surface area contributed by atoms with Gasteiger partial charge in [-0.1, -0.05) is 0 Å². The van der Waals surface area contributed by atoms with Crippen LogP contribution in [0, 0.1) is 0 Å². The first-order chi connectivity index (χ1) is 20.9. The number of halogens is 1. The van der Waals surface area contributed by atoms with E-state index < -0.39 is 77.5 Å². The average Bonchev–Trinajstić information content (AvgIpc) is 3.72. The number of aromatic nitrogens is 8. The minimum atomic E-state index is -5.09. The Hall–Kier alpha value is -3.43. The number of rotatable bonds is 2. The first-order valence-corrected chi connectivity index (χ1v) is 15.8. The van der Waals surface area contributed by atoms with E-state index in [0.29, 0.717) is 0 Å². The van der Waals surface area contributed by atoms with Crippen LogP contribution in [-0.2, 0) is 36.7 Å². The lowest BCUT2D eigenvalue weighted by atomic mass is 10.1. The molecule has 44 heavy (non-hydrogen) atoms. The van der Waals surface area contributed by atoms with Crippen molar-refractivity contribution in [2.24, 2.45) is 0 Å². The SMILES string of the molecule is Nc1nc2c(ncn2[C@@H]2O[C@@H]3COP(=O)(O)O[C@H]4C[C@H](n5cnc6c(N)ncnc65)O[C@@H]4COP(=O)(O)O[C@@H]2[C@@H]3F)c(=O)[nH]1. The number of hydrogen-bond acceptors (Lipinski definition) is 16. The van der Waals surface area contributed by atoms with Crippen LogP contribution in [-0.4, -0.2) is 92.6 Å². The van der Waals surface area contributed by atoms with Crippen molar-refractivity contribution in [3.05, 3.63) is 29.3 Å². The Kier molecular flexibility index (Phi) is 7.05. The van der Waals surface area contributed by atoms with E-state index in [-0.39, 0.29) is 40.5 Å². The monoisotopic (exact) mass is 660 g/mol. The second-order valence-corrected chi connectivity index (χ2v) is 12.8. The number of phosphoric ester groups is 2. The number of aromatic amines is 1. The van der Waals surface area contributed by atoms with Crippen LogP contribution in [0.15, 0.2) is 23.8 Å². The molecule has 0 amide bonds. The molecule has 0 saturated carbocycles. The molecule has 3 fully saturated rings. The zero-order valence-electron chi connectivity index (χ0n) is 22.0. The number of nitrogens with one attached hydrogen (secondary N) is 1. The number of imidazole rings is 2. The number of phosphoric acid groups is 2. The standard InChI is InChI=1S/C20H23FN10O11P2/c21-11-9-3-38-43(33,34)41-7-1-10(30-5-26-12-15(22)24-4-25-16(12)30)39-8(7)2-37-44(35,36)42-14(11)19(40-9)31-6-27-13-17(31)28-20(23)29-18(13)32/h4-11,14,19H,1-3H2,(H,33,34)(H,35,36)(H2,22,24,25)(H3,23,28,29,32)/t7-,8+,9+,10+,11+,14+,19+/m0/s1. The zero-order chi connectivity index (χ0) is 31.0. The van der Waals surface area contributed by atoms with Crippen LogP contribution in [0.4, 0.5) is 16.2 Å². The fraction of sp³-hybridized carbons (Fsp3) is 0.500. The van der Waals surface area contributed by atoms with Crippen LogP contribution in [0.3, 0.4) is 0 Å². The Morgan fingerprint density at radius 3 is 2.41 bits per heavy atom. The summed E-state index contributed by atoms with van der Waals surface area (Å²) in [6.45, 7) is -1.56. The summed E-state index contributed by atoms with van der Waals surface area (Å²) in [5, 5.41) is 0. The van der Waals surface area contributed by atoms with Gasteiger partial charge in [0.1, 0.15) is 42.5 Å². The van der Waals surface area contributed by atoms with E-state index in [2.05, 4.69) is 29.9 Å². The summed E-state index contributed by atoms with van der Waals surface area (Å²) in [7, 11) is -10.0. The number of hydrogen-bond donors (Lipinski definition) is 5. The third kappa shape index (κ3) is 5.17. The number of anilines is 2. The molecule has 4 aromatic heterocycles. The van der Waals surface area contributed by atoms with Crippen molar-refractivity contribution < 1.29 is 50.9 Å². The molecule has 0 spiro atoms. The maximum atomic E-state index is 15.7. The van der Waals surface area contributed by atoms with E-state index in [1.165, 1.54) is 17.2 Å². The summed E-state index contributed by atoms with van der Waals surface area (Å²) >= 11 is 0. The smallest absolute Gasteiger partial charge is 0.382 e. The highest BCUT2D eigenvalue weighted by Crippen LogP contribution is 2.54. The van der Waals surface area contributed by atoms with Gasteiger partial charge >= 0.3 is 15.6 Å². The lowest BCUT2D eigenvalue weighted by Crippen LogP contribution is -2.32. The highest BCUT2D eigenvalue weighted by molar-refractivity contribution is 7.47. The summed E-state index contributed by atoms with van der Waals surface area (Å²) in [5.74, 6) is -0.186. The number of nitrogen functional groups attached to an aromatic ring is 2. The maximum Gasteiger partial charge on any atom is 0.472 e. The summed E-state index contributed by atoms with van der Waals surface area (Å²) in [6.07, 6.45) is -7.12. The molecule has 236 valence electrons. The minimum absolute atomic E-state index is 0.0901. The Labute approximate surface area is 243 Å². The van der Waals surface area contributed by atoms with Crippen LogP contribution < -0.4 is 17.0 Å². The van der Waals surface area contributed by atoms with Gasteiger partial charge in [0, 0.05) is 6.42 Å². The average molecular weight is 660 g/mol. The Morgan fingerprint density at radius 2 is 1.61 bits per heavy atom. The van der Waals surface area contributed by atoms with Crippen molar-refractivity contribution in [2.75, 3.05) is 24.7 Å². The Bertz CT molecular complexity index is 1900. The largest absolute Gasteiger partial charge is 0.472 e. The Morgan fingerprint density at radius 1 is 0.909 bits per heavy atom. The maximum absolute atomic E-state index is 15.7. The van der Waals surface area contributed by atoms with Crippen LogP contribution in [0.5, 0.6) is 0 Å². The molecule has 3 saturated heterocycles. The second kappa shape index (κ2) is 10.6. The van der Waals surface area contributed by atoms with Gasteiger partial charge in [-0.2, -0.15) is 4.98 Å². The van der Waals surface area contributed by atoms with Crippen LogP contribution in [0.2, 0.25) is 0 Å². The molecule has 2 bridgehead atoms. The van der Waals surface area contributed by atoms with E-state index in [0.717, 1.165) is 10.9 Å². The van der Waals surface area contributed by atoms with Crippen molar-refractivity contribution in [2.45, 2.75) is 49.5 Å². The molecule has 3 aliphatic rings. The second-order valence-electron chi connectivity index (χ2n) is 9.98. The lowest BCUT2D eigenvalue weighted by Gasteiger charge is -2.25. The molecule has 0 aromatic carbocycles. The van der Waals surface area contributed by atoms with Crippen LogP contribution in [0.25, 0.3) is 22.3 Å². The normalized spacial score (nSPS) is 36.6. The van der Waals surface area contributed by atoms with E-state index in [9.17, 15) is 23.7 Å². The molecule has 24 heteroatoms. The molecule has 4 aromatic rings. The summed E-state index contributed by atoms with van der Waals surface area (Å²) < 4.78 is 76.8. The summed E-state index contributed by atoms with van der Waals surface area (Å²) in [6, 6.07) is 0. The van der Waals surface area contributed by atoms with Crippen molar-refractivity contribution in [3.8, 4) is 0 Å². The molecule has 7 rings (SSSR count). The third-order valence-electron chi connectivity index (χ3n) is 7.19.